The van der Waals surface area contributed by atoms with Gasteiger partial charge in [0.05, 0.1) is 11.6 Å². The third-order valence-electron chi connectivity index (χ3n) is 3.05. The summed E-state index contributed by atoms with van der Waals surface area (Å²) in [7, 11) is 1.93. The van der Waals surface area contributed by atoms with E-state index in [2.05, 4.69) is 6.07 Å². The average molecular weight is 269 g/mol. The summed E-state index contributed by atoms with van der Waals surface area (Å²) in [6, 6.07) is 14.0. The van der Waals surface area contributed by atoms with E-state index >= 15 is 0 Å². The maximum absolute atomic E-state index is 13.2. The van der Waals surface area contributed by atoms with Crippen LogP contribution in [0.25, 0.3) is 0 Å². The number of nitrogens with two attached hydrogens (primary N) is 1. The maximum Gasteiger partial charge on any atom is 0.123 e. The van der Waals surface area contributed by atoms with Crippen molar-refractivity contribution in [2.75, 3.05) is 12.8 Å². The van der Waals surface area contributed by atoms with Gasteiger partial charge in [-0.25, -0.2) is 4.39 Å². The molecule has 0 aliphatic heterocycles. The molecule has 20 heavy (non-hydrogen) atoms. The van der Waals surface area contributed by atoms with Crippen LogP contribution in [0.2, 0.25) is 0 Å². The molecule has 0 saturated carbocycles. The summed E-state index contributed by atoms with van der Waals surface area (Å²) in [6.45, 7) is 1.23. The first-order valence-corrected chi connectivity index (χ1v) is 6.30. The Morgan fingerprint density at radius 2 is 2.00 bits per heavy atom. The molecule has 0 aliphatic rings. The van der Waals surface area contributed by atoms with Crippen molar-refractivity contribution < 1.29 is 4.39 Å². The van der Waals surface area contributed by atoms with Crippen molar-refractivity contribution in [2.45, 2.75) is 13.1 Å². The Balaban J connectivity index is 2.07. The SMILES string of the molecule is CN(Cc1cccc(C#N)c1)Cc1cc(F)ccc1N. The number of nitriles is 1. The molecule has 102 valence electrons. The Morgan fingerprint density at radius 3 is 2.75 bits per heavy atom. The van der Waals surface area contributed by atoms with Gasteiger partial charge in [-0.3, -0.25) is 4.90 Å². The lowest BCUT2D eigenvalue weighted by Crippen LogP contribution is -2.18. The highest BCUT2D eigenvalue weighted by Crippen LogP contribution is 2.16. The first-order chi connectivity index (χ1) is 9.58. The Kier molecular flexibility index (Phi) is 4.34. The van der Waals surface area contributed by atoms with E-state index in [1.54, 1.807) is 12.1 Å². The second-order valence-electron chi connectivity index (χ2n) is 4.83. The molecule has 2 N–H and O–H groups in total. The van der Waals surface area contributed by atoms with Crippen LogP contribution in [0, 0.1) is 17.1 Å². The molecule has 4 heteroatoms. The Hall–Kier alpha value is -2.38. The van der Waals surface area contributed by atoms with Crippen LogP contribution in [-0.2, 0) is 13.1 Å². The Labute approximate surface area is 118 Å². The fraction of sp³-hybridized carbons (Fsp3) is 0.188. The van der Waals surface area contributed by atoms with Crippen LogP contribution in [0.5, 0.6) is 0 Å². The molecular weight excluding hydrogens is 253 g/mol. The van der Waals surface area contributed by atoms with E-state index in [0.717, 1.165) is 11.1 Å². The number of nitrogen functional groups attached to an aromatic ring is 1. The molecular formula is C16H16FN3. The number of hydrogen-bond acceptors (Lipinski definition) is 3. The largest absolute Gasteiger partial charge is 0.398 e. The van der Waals surface area contributed by atoms with Crippen LogP contribution >= 0.6 is 0 Å². The lowest BCUT2D eigenvalue weighted by molar-refractivity contribution is 0.319. The van der Waals surface area contributed by atoms with Crippen LogP contribution in [0.3, 0.4) is 0 Å². The van der Waals surface area contributed by atoms with Gasteiger partial charge in [0, 0.05) is 18.8 Å². The van der Waals surface area contributed by atoms with E-state index in [-0.39, 0.29) is 5.82 Å². The fourth-order valence-corrected chi connectivity index (χ4v) is 2.11. The minimum Gasteiger partial charge on any atom is -0.398 e. The molecule has 0 aromatic heterocycles. The van der Waals surface area contributed by atoms with Crippen LogP contribution in [0.15, 0.2) is 42.5 Å². The van der Waals surface area contributed by atoms with Crippen molar-refractivity contribution >= 4 is 5.69 Å². The summed E-state index contributed by atoms with van der Waals surface area (Å²) < 4.78 is 13.2. The minimum absolute atomic E-state index is 0.283. The van der Waals surface area contributed by atoms with E-state index in [1.807, 2.05) is 30.1 Å². The molecule has 0 amide bonds. The van der Waals surface area contributed by atoms with Crippen LogP contribution in [0.4, 0.5) is 10.1 Å². The van der Waals surface area contributed by atoms with Gasteiger partial charge in [-0.15, -0.1) is 0 Å². The maximum atomic E-state index is 13.2. The highest BCUT2D eigenvalue weighted by atomic mass is 19.1. The summed E-state index contributed by atoms with van der Waals surface area (Å²) in [5.74, 6) is -0.283. The van der Waals surface area contributed by atoms with Crippen LogP contribution < -0.4 is 5.73 Å². The third kappa shape index (κ3) is 3.56. The van der Waals surface area contributed by atoms with Crippen molar-refractivity contribution in [1.29, 1.82) is 5.26 Å². The number of benzene rings is 2. The summed E-state index contributed by atoms with van der Waals surface area (Å²) in [5, 5.41) is 8.88. The van der Waals surface area contributed by atoms with Crippen molar-refractivity contribution in [3.63, 3.8) is 0 Å². The second-order valence-corrected chi connectivity index (χ2v) is 4.83. The zero-order chi connectivity index (χ0) is 14.5. The predicted octanol–water partition coefficient (Wildman–Crippen LogP) is 2.91. The average Bonchev–Trinajstić information content (AvgIpc) is 2.43. The third-order valence-corrected chi connectivity index (χ3v) is 3.05. The quantitative estimate of drug-likeness (QED) is 0.868. The van der Waals surface area contributed by atoms with Crippen molar-refractivity contribution in [3.8, 4) is 6.07 Å². The predicted molar refractivity (Wildman–Crippen MR) is 77.1 cm³/mol. The normalized spacial score (nSPS) is 10.5. The topological polar surface area (TPSA) is 53.0 Å². The van der Waals surface area contributed by atoms with Crippen molar-refractivity contribution in [2.24, 2.45) is 0 Å². The fourth-order valence-electron chi connectivity index (χ4n) is 2.11. The Bertz CT molecular complexity index is 646. The zero-order valence-corrected chi connectivity index (χ0v) is 11.3. The number of anilines is 1. The smallest absolute Gasteiger partial charge is 0.123 e. The molecule has 2 rings (SSSR count). The van der Waals surface area contributed by atoms with Gasteiger partial charge in [0.25, 0.3) is 0 Å². The van der Waals surface area contributed by atoms with E-state index in [0.29, 0.717) is 24.3 Å². The van der Waals surface area contributed by atoms with Gasteiger partial charge in [0.15, 0.2) is 0 Å². The molecule has 0 heterocycles. The van der Waals surface area contributed by atoms with Gasteiger partial charge < -0.3 is 5.73 Å². The standard InChI is InChI=1S/C16H16FN3/c1-20(10-13-4-2-3-12(7-13)9-18)11-14-8-15(17)5-6-16(14)19/h2-8H,10-11,19H2,1H3. The lowest BCUT2D eigenvalue weighted by Gasteiger charge is -2.18. The number of rotatable bonds is 4. The van der Waals surface area contributed by atoms with Crippen molar-refractivity contribution in [1.82, 2.24) is 4.90 Å². The molecule has 0 unspecified atom stereocenters. The minimum atomic E-state index is -0.283. The summed E-state index contributed by atoms with van der Waals surface area (Å²) in [6.07, 6.45) is 0. The van der Waals surface area contributed by atoms with Crippen LogP contribution in [-0.4, -0.2) is 11.9 Å². The van der Waals surface area contributed by atoms with Gasteiger partial charge in [-0.1, -0.05) is 12.1 Å². The lowest BCUT2D eigenvalue weighted by atomic mass is 10.1. The first-order valence-electron chi connectivity index (χ1n) is 6.30. The van der Waals surface area contributed by atoms with Crippen molar-refractivity contribution in [3.05, 3.63) is 65.0 Å². The summed E-state index contributed by atoms with van der Waals surface area (Å²) in [4.78, 5) is 2.03. The molecule has 0 radical (unpaired) electrons. The molecule has 2 aromatic rings. The van der Waals surface area contributed by atoms with Crippen LogP contribution in [0.1, 0.15) is 16.7 Å². The second kappa shape index (κ2) is 6.18. The molecule has 0 bridgehead atoms. The molecule has 0 atom stereocenters. The highest BCUT2D eigenvalue weighted by molar-refractivity contribution is 5.46. The Morgan fingerprint density at radius 1 is 1.20 bits per heavy atom. The van der Waals surface area contributed by atoms with Gasteiger partial charge in [0.1, 0.15) is 5.82 Å². The zero-order valence-electron chi connectivity index (χ0n) is 11.3. The molecule has 0 fully saturated rings. The van der Waals surface area contributed by atoms with Gasteiger partial charge in [-0.2, -0.15) is 5.26 Å². The molecule has 2 aromatic carbocycles. The number of hydrogen-bond donors (Lipinski definition) is 1. The molecule has 0 saturated heterocycles. The monoisotopic (exact) mass is 269 g/mol. The van der Waals surface area contributed by atoms with Gasteiger partial charge in [0.2, 0.25) is 0 Å². The number of nitrogens with zero attached hydrogens (tertiary/aromatic N) is 2. The molecule has 0 spiro atoms. The van der Waals surface area contributed by atoms with Gasteiger partial charge in [-0.05, 0) is 48.5 Å². The van der Waals surface area contributed by atoms with E-state index in [9.17, 15) is 4.39 Å². The molecule has 3 nitrogen and oxygen atoms in total. The summed E-state index contributed by atoms with van der Waals surface area (Å²) in [5.41, 5.74) is 8.88. The molecule has 0 aliphatic carbocycles. The first kappa shape index (κ1) is 14.0. The van der Waals surface area contributed by atoms with E-state index in [4.69, 9.17) is 11.0 Å². The summed E-state index contributed by atoms with van der Waals surface area (Å²) >= 11 is 0. The van der Waals surface area contributed by atoms with E-state index in [1.165, 1.54) is 12.1 Å². The van der Waals surface area contributed by atoms with E-state index < -0.39 is 0 Å². The van der Waals surface area contributed by atoms with Gasteiger partial charge >= 0.3 is 0 Å². The number of halogens is 1. The highest BCUT2D eigenvalue weighted by Gasteiger charge is 2.06.